The van der Waals surface area contributed by atoms with Crippen molar-refractivity contribution in [2.24, 2.45) is 0 Å². The fraction of sp³-hybridized carbons (Fsp3) is 0.0769. The SMILES string of the molecule is Fc1cccc(CNc2ccc(Br)c(I)c2)c1Cl. The molecule has 5 heteroatoms. The first-order valence-electron chi connectivity index (χ1n) is 5.20. The van der Waals surface area contributed by atoms with E-state index in [1.165, 1.54) is 6.07 Å². The van der Waals surface area contributed by atoms with E-state index >= 15 is 0 Å². The highest BCUT2D eigenvalue weighted by atomic mass is 127. The van der Waals surface area contributed by atoms with Crippen LogP contribution in [-0.4, -0.2) is 0 Å². The third-order valence-electron chi connectivity index (χ3n) is 2.43. The van der Waals surface area contributed by atoms with E-state index < -0.39 is 0 Å². The zero-order valence-corrected chi connectivity index (χ0v) is 13.7. The second-order valence-corrected chi connectivity index (χ2v) is 6.09. The summed E-state index contributed by atoms with van der Waals surface area (Å²) in [5.41, 5.74) is 1.72. The molecule has 0 amide bonds. The normalized spacial score (nSPS) is 10.4. The summed E-state index contributed by atoms with van der Waals surface area (Å²) in [6.07, 6.45) is 0. The molecule has 0 heterocycles. The lowest BCUT2D eigenvalue weighted by Crippen LogP contribution is -2.01. The van der Waals surface area contributed by atoms with Gasteiger partial charge in [-0.25, -0.2) is 4.39 Å². The summed E-state index contributed by atoms with van der Waals surface area (Å²) < 4.78 is 15.4. The lowest BCUT2D eigenvalue weighted by molar-refractivity contribution is 0.626. The highest BCUT2D eigenvalue weighted by molar-refractivity contribution is 14.1. The Morgan fingerprint density at radius 3 is 2.78 bits per heavy atom. The molecule has 0 radical (unpaired) electrons. The largest absolute Gasteiger partial charge is 0.381 e. The Hall–Kier alpha value is -0.330. The van der Waals surface area contributed by atoms with Gasteiger partial charge in [-0.3, -0.25) is 0 Å². The average molecular weight is 440 g/mol. The molecule has 0 atom stereocenters. The van der Waals surface area contributed by atoms with Crippen LogP contribution in [0.1, 0.15) is 5.56 Å². The third-order valence-corrected chi connectivity index (χ3v) is 5.18. The van der Waals surface area contributed by atoms with Crippen molar-refractivity contribution >= 4 is 55.8 Å². The Morgan fingerprint density at radius 1 is 1.28 bits per heavy atom. The van der Waals surface area contributed by atoms with Gasteiger partial charge in [0.1, 0.15) is 5.82 Å². The molecule has 1 nitrogen and oxygen atoms in total. The Bertz CT molecular complexity index is 577. The molecule has 0 aliphatic heterocycles. The molecule has 2 rings (SSSR count). The third kappa shape index (κ3) is 3.36. The number of hydrogen-bond acceptors (Lipinski definition) is 1. The van der Waals surface area contributed by atoms with E-state index in [-0.39, 0.29) is 10.8 Å². The van der Waals surface area contributed by atoms with Crippen molar-refractivity contribution in [3.05, 3.63) is 60.8 Å². The molecular formula is C13H9BrClFIN. The van der Waals surface area contributed by atoms with Gasteiger partial charge in [0.2, 0.25) is 0 Å². The molecular weight excluding hydrogens is 431 g/mol. The van der Waals surface area contributed by atoms with Crippen molar-refractivity contribution in [2.45, 2.75) is 6.54 Å². The molecule has 0 aliphatic rings. The molecule has 0 saturated carbocycles. The van der Waals surface area contributed by atoms with Crippen molar-refractivity contribution in [3.63, 3.8) is 0 Å². The number of rotatable bonds is 3. The molecule has 0 fully saturated rings. The van der Waals surface area contributed by atoms with Gasteiger partial charge in [0.25, 0.3) is 0 Å². The lowest BCUT2D eigenvalue weighted by atomic mass is 10.2. The van der Waals surface area contributed by atoms with Gasteiger partial charge in [0.05, 0.1) is 5.02 Å². The summed E-state index contributed by atoms with van der Waals surface area (Å²) in [7, 11) is 0. The number of hydrogen-bond donors (Lipinski definition) is 1. The van der Waals surface area contributed by atoms with Crippen LogP contribution in [0.3, 0.4) is 0 Å². The Morgan fingerprint density at radius 2 is 2.06 bits per heavy atom. The van der Waals surface area contributed by atoms with Crippen LogP contribution in [0, 0.1) is 9.39 Å². The minimum absolute atomic E-state index is 0.178. The Kier molecular flexibility index (Phi) is 4.86. The van der Waals surface area contributed by atoms with Crippen LogP contribution >= 0.6 is 50.1 Å². The second-order valence-electron chi connectivity index (χ2n) is 3.70. The predicted octanol–water partition coefficient (Wildman–Crippen LogP) is 5.46. The fourth-order valence-electron chi connectivity index (χ4n) is 1.49. The van der Waals surface area contributed by atoms with E-state index in [1.54, 1.807) is 6.07 Å². The van der Waals surface area contributed by atoms with Crippen molar-refractivity contribution in [2.75, 3.05) is 5.32 Å². The van der Waals surface area contributed by atoms with Crippen LogP contribution in [0.15, 0.2) is 40.9 Å². The van der Waals surface area contributed by atoms with Gasteiger partial charge in [-0.05, 0) is 68.3 Å². The van der Waals surface area contributed by atoms with E-state index in [2.05, 4.69) is 43.8 Å². The zero-order chi connectivity index (χ0) is 13.1. The van der Waals surface area contributed by atoms with Crippen molar-refractivity contribution < 1.29 is 4.39 Å². The second kappa shape index (κ2) is 6.21. The zero-order valence-electron chi connectivity index (χ0n) is 9.18. The van der Waals surface area contributed by atoms with Gasteiger partial charge in [-0.1, -0.05) is 23.7 Å². The quantitative estimate of drug-likeness (QED) is 0.625. The molecule has 2 aromatic rings. The molecule has 0 aliphatic carbocycles. The molecule has 0 aromatic heterocycles. The number of benzene rings is 2. The summed E-state index contributed by atoms with van der Waals surface area (Å²) in [5.74, 6) is -0.388. The molecule has 0 unspecified atom stereocenters. The van der Waals surface area contributed by atoms with Crippen LogP contribution in [0.5, 0.6) is 0 Å². The topological polar surface area (TPSA) is 12.0 Å². The van der Waals surface area contributed by atoms with Crippen LogP contribution in [0.2, 0.25) is 5.02 Å². The van der Waals surface area contributed by atoms with E-state index in [0.29, 0.717) is 6.54 Å². The summed E-state index contributed by atoms with van der Waals surface area (Å²) in [4.78, 5) is 0. The standard InChI is InChI=1S/C13H9BrClFIN/c14-10-5-4-9(6-12(10)17)18-7-8-2-1-3-11(16)13(8)15/h1-6,18H,7H2. The first kappa shape index (κ1) is 14.1. The lowest BCUT2D eigenvalue weighted by Gasteiger charge is -2.09. The summed E-state index contributed by atoms with van der Waals surface area (Å²) in [6, 6.07) is 10.8. The smallest absolute Gasteiger partial charge is 0.142 e. The van der Waals surface area contributed by atoms with Crippen molar-refractivity contribution in [3.8, 4) is 0 Å². The van der Waals surface area contributed by atoms with Crippen LogP contribution in [-0.2, 0) is 6.54 Å². The van der Waals surface area contributed by atoms with Crippen LogP contribution in [0.25, 0.3) is 0 Å². The van der Waals surface area contributed by atoms with E-state index in [4.69, 9.17) is 11.6 Å². The molecule has 0 spiro atoms. The average Bonchev–Trinajstić information content (AvgIpc) is 2.35. The maximum absolute atomic E-state index is 13.3. The van der Waals surface area contributed by atoms with Crippen molar-refractivity contribution in [1.29, 1.82) is 0 Å². The minimum atomic E-state index is -0.388. The van der Waals surface area contributed by atoms with E-state index in [9.17, 15) is 4.39 Å². The Labute approximate surface area is 132 Å². The van der Waals surface area contributed by atoms with E-state index in [0.717, 1.165) is 19.3 Å². The first-order chi connectivity index (χ1) is 8.58. The maximum atomic E-state index is 13.3. The maximum Gasteiger partial charge on any atom is 0.142 e. The molecule has 94 valence electrons. The highest BCUT2D eigenvalue weighted by Crippen LogP contribution is 2.24. The van der Waals surface area contributed by atoms with E-state index in [1.807, 2.05) is 24.3 Å². The van der Waals surface area contributed by atoms with Gasteiger partial charge >= 0.3 is 0 Å². The summed E-state index contributed by atoms with van der Waals surface area (Å²) in [5, 5.41) is 3.40. The van der Waals surface area contributed by atoms with Gasteiger partial charge < -0.3 is 5.32 Å². The summed E-state index contributed by atoms with van der Waals surface area (Å²) >= 11 is 11.6. The molecule has 2 aromatic carbocycles. The van der Waals surface area contributed by atoms with Gasteiger partial charge in [-0.2, -0.15) is 0 Å². The molecule has 1 N–H and O–H groups in total. The monoisotopic (exact) mass is 439 g/mol. The molecule has 0 bridgehead atoms. The Balaban J connectivity index is 2.11. The van der Waals surface area contributed by atoms with Gasteiger partial charge in [0.15, 0.2) is 0 Å². The summed E-state index contributed by atoms with van der Waals surface area (Å²) in [6.45, 7) is 0.494. The van der Waals surface area contributed by atoms with Crippen molar-refractivity contribution in [1.82, 2.24) is 0 Å². The van der Waals surface area contributed by atoms with Gasteiger partial charge in [0, 0.05) is 20.3 Å². The minimum Gasteiger partial charge on any atom is -0.381 e. The highest BCUT2D eigenvalue weighted by Gasteiger charge is 2.05. The number of nitrogens with one attached hydrogen (secondary N) is 1. The van der Waals surface area contributed by atoms with Crippen LogP contribution < -0.4 is 5.32 Å². The first-order valence-corrected chi connectivity index (χ1v) is 7.44. The number of halogens is 4. The molecule has 18 heavy (non-hydrogen) atoms. The molecule has 0 saturated heterocycles. The number of anilines is 1. The van der Waals surface area contributed by atoms with Crippen LogP contribution in [0.4, 0.5) is 10.1 Å². The predicted molar refractivity (Wildman–Crippen MR) is 85.6 cm³/mol. The fourth-order valence-corrected chi connectivity index (χ4v) is 2.44. The van der Waals surface area contributed by atoms with Gasteiger partial charge in [-0.15, -0.1) is 0 Å².